The van der Waals surface area contributed by atoms with Gasteiger partial charge in [0.1, 0.15) is 0 Å². The first kappa shape index (κ1) is 11.3. The van der Waals surface area contributed by atoms with Crippen molar-refractivity contribution in [1.82, 2.24) is 9.88 Å². The Morgan fingerprint density at radius 1 is 1.38 bits per heavy atom. The van der Waals surface area contributed by atoms with Crippen LogP contribution in [0.1, 0.15) is 11.5 Å². The average molecular weight is 200 g/mol. The van der Waals surface area contributed by atoms with Crippen LogP contribution in [-0.4, -0.2) is 29.4 Å². The predicted molar refractivity (Wildman–Crippen MR) is 44.2 cm³/mol. The third-order valence-electron chi connectivity index (χ3n) is 2.19. The molecule has 0 aliphatic carbocycles. The molecule has 0 aromatic carbocycles. The molecule has 0 unspecified atom stereocenters. The molecule has 1 amide bonds. The van der Waals surface area contributed by atoms with Crippen LogP contribution in [-0.2, 0) is 4.79 Å². The summed E-state index contributed by atoms with van der Waals surface area (Å²) in [5.74, 6) is 0.495. The van der Waals surface area contributed by atoms with Crippen molar-refractivity contribution in [1.29, 1.82) is 0 Å². The van der Waals surface area contributed by atoms with E-state index in [4.69, 9.17) is 0 Å². The maximum absolute atomic E-state index is 10.2. The molecule has 1 fully saturated rings. The number of nitrogens with zero attached hydrogens (tertiary/aromatic N) is 2. The van der Waals surface area contributed by atoms with Crippen molar-refractivity contribution < 1.29 is 56.2 Å². The standard InChI is InChI=1S/C9H9N2O.K/c12-7-11-5-9(6-11)8-1-3-10-4-2-8;/h1-4,9H,5-6H2;/q-1;+1. The molecule has 2 rings (SSSR count). The van der Waals surface area contributed by atoms with Crippen LogP contribution in [0.3, 0.4) is 0 Å². The monoisotopic (exact) mass is 200 g/mol. The second kappa shape index (κ2) is 5.22. The zero-order chi connectivity index (χ0) is 8.39. The van der Waals surface area contributed by atoms with Crippen LogP contribution in [0.25, 0.3) is 0 Å². The van der Waals surface area contributed by atoms with Crippen molar-refractivity contribution in [2.45, 2.75) is 5.92 Å². The van der Waals surface area contributed by atoms with Crippen molar-refractivity contribution in [3.8, 4) is 0 Å². The van der Waals surface area contributed by atoms with Gasteiger partial charge in [0, 0.05) is 18.3 Å². The normalized spacial score (nSPS) is 15.8. The number of amides is 1. The van der Waals surface area contributed by atoms with Crippen LogP contribution in [0.4, 0.5) is 0 Å². The van der Waals surface area contributed by atoms with Crippen molar-refractivity contribution >= 4 is 6.41 Å². The summed E-state index contributed by atoms with van der Waals surface area (Å²) in [7, 11) is 0. The molecule has 2 heterocycles. The molecule has 1 saturated heterocycles. The molecule has 0 N–H and O–H groups in total. The molecule has 3 nitrogen and oxygen atoms in total. The van der Waals surface area contributed by atoms with Gasteiger partial charge in [0.05, 0.1) is 0 Å². The SMILES string of the molecule is O=[C-]N1CC(c2ccncc2)C1.[K+]. The van der Waals surface area contributed by atoms with E-state index in [-0.39, 0.29) is 51.4 Å². The molecule has 1 aliphatic heterocycles. The summed E-state index contributed by atoms with van der Waals surface area (Å²) >= 11 is 0. The first-order chi connectivity index (χ1) is 5.90. The number of rotatable bonds is 2. The fourth-order valence-electron chi connectivity index (χ4n) is 1.40. The molecular weight excluding hydrogens is 191 g/mol. The van der Waals surface area contributed by atoms with Gasteiger partial charge in [-0.15, -0.1) is 0 Å². The van der Waals surface area contributed by atoms with Gasteiger partial charge in [-0.05, 0) is 30.8 Å². The van der Waals surface area contributed by atoms with E-state index >= 15 is 0 Å². The largest absolute Gasteiger partial charge is 1.00 e. The Balaban J connectivity index is 0.000000845. The van der Waals surface area contributed by atoms with Crippen molar-refractivity contribution in [2.75, 3.05) is 13.1 Å². The molecule has 0 spiro atoms. The summed E-state index contributed by atoms with van der Waals surface area (Å²) in [4.78, 5) is 15.7. The summed E-state index contributed by atoms with van der Waals surface area (Å²) in [5.41, 5.74) is 1.26. The van der Waals surface area contributed by atoms with E-state index in [1.54, 1.807) is 17.3 Å². The Kier molecular flexibility index (Phi) is 4.55. The van der Waals surface area contributed by atoms with Crippen LogP contribution in [0, 0.1) is 0 Å². The first-order valence-corrected chi connectivity index (χ1v) is 3.93. The molecular formula is C9H9KN2O. The number of carbonyl (C=O) groups excluding carboxylic acids is 1. The third kappa shape index (κ3) is 2.60. The van der Waals surface area contributed by atoms with E-state index < -0.39 is 0 Å². The molecule has 1 aliphatic rings. The summed E-state index contributed by atoms with van der Waals surface area (Å²) < 4.78 is 0. The zero-order valence-corrected chi connectivity index (χ0v) is 10.7. The van der Waals surface area contributed by atoms with Crippen LogP contribution < -0.4 is 51.4 Å². The number of hydrogen-bond donors (Lipinski definition) is 0. The van der Waals surface area contributed by atoms with Gasteiger partial charge >= 0.3 is 51.4 Å². The molecule has 0 saturated carbocycles. The van der Waals surface area contributed by atoms with E-state index in [1.165, 1.54) is 5.56 Å². The van der Waals surface area contributed by atoms with Gasteiger partial charge in [0.2, 0.25) is 0 Å². The molecule has 0 atom stereocenters. The van der Waals surface area contributed by atoms with Gasteiger partial charge in [-0.2, -0.15) is 6.41 Å². The topological polar surface area (TPSA) is 33.2 Å². The zero-order valence-electron chi connectivity index (χ0n) is 7.60. The van der Waals surface area contributed by atoms with Gasteiger partial charge < -0.3 is 9.69 Å². The fraction of sp³-hybridized carbons (Fsp3) is 0.333. The number of hydrogen-bond acceptors (Lipinski definition) is 2. The summed E-state index contributed by atoms with van der Waals surface area (Å²) in [6.45, 7) is 1.60. The minimum Gasteiger partial charge on any atom is -0.520 e. The average Bonchev–Trinajstić information content (AvgIpc) is 2.04. The first-order valence-electron chi connectivity index (χ1n) is 3.93. The van der Waals surface area contributed by atoms with E-state index in [0.29, 0.717) is 5.92 Å². The number of aromatic nitrogens is 1. The van der Waals surface area contributed by atoms with E-state index in [1.807, 2.05) is 18.5 Å². The minimum absolute atomic E-state index is 0. The second-order valence-electron chi connectivity index (χ2n) is 2.97. The van der Waals surface area contributed by atoms with E-state index in [9.17, 15) is 4.79 Å². The molecule has 62 valence electrons. The number of pyridine rings is 1. The summed E-state index contributed by atoms with van der Waals surface area (Å²) in [6, 6.07) is 3.99. The molecule has 4 heteroatoms. The van der Waals surface area contributed by atoms with Crippen LogP contribution in [0.15, 0.2) is 24.5 Å². The molecule has 13 heavy (non-hydrogen) atoms. The van der Waals surface area contributed by atoms with E-state index in [2.05, 4.69) is 4.98 Å². The Hall–Kier alpha value is 0.256. The van der Waals surface area contributed by atoms with Crippen molar-refractivity contribution in [2.24, 2.45) is 0 Å². The summed E-state index contributed by atoms with van der Waals surface area (Å²) in [5, 5.41) is 0. The molecule has 1 aromatic rings. The molecule has 0 bridgehead atoms. The van der Waals surface area contributed by atoms with Gasteiger partial charge in [0.25, 0.3) is 0 Å². The summed E-state index contributed by atoms with van der Waals surface area (Å²) in [6.07, 6.45) is 5.43. The van der Waals surface area contributed by atoms with Crippen molar-refractivity contribution in [3.05, 3.63) is 30.1 Å². The molecule has 1 aromatic heterocycles. The van der Waals surface area contributed by atoms with Gasteiger partial charge in [0.15, 0.2) is 0 Å². The maximum Gasteiger partial charge on any atom is 1.00 e. The fourth-order valence-corrected chi connectivity index (χ4v) is 1.40. The second-order valence-corrected chi connectivity index (χ2v) is 2.97. The quantitative estimate of drug-likeness (QED) is 0.392. The maximum atomic E-state index is 10.2. The smallest absolute Gasteiger partial charge is 0.520 e. The Morgan fingerprint density at radius 2 is 2.00 bits per heavy atom. The van der Waals surface area contributed by atoms with E-state index in [0.717, 1.165) is 13.1 Å². The third-order valence-corrected chi connectivity index (χ3v) is 2.19. The van der Waals surface area contributed by atoms with Crippen LogP contribution >= 0.6 is 0 Å². The van der Waals surface area contributed by atoms with Gasteiger partial charge in [-0.3, -0.25) is 4.98 Å². The van der Waals surface area contributed by atoms with Gasteiger partial charge in [-0.25, -0.2) is 0 Å². The Morgan fingerprint density at radius 3 is 2.54 bits per heavy atom. The van der Waals surface area contributed by atoms with Crippen LogP contribution in [0.5, 0.6) is 0 Å². The van der Waals surface area contributed by atoms with Gasteiger partial charge in [-0.1, -0.05) is 0 Å². The Labute approximate surface area is 120 Å². The number of likely N-dealkylation sites (tertiary alicyclic amines) is 1. The minimum atomic E-state index is 0. The Bertz CT molecular complexity index is 272. The predicted octanol–water partition coefficient (Wildman–Crippen LogP) is -2.45. The molecule has 0 radical (unpaired) electrons. The van der Waals surface area contributed by atoms with Crippen molar-refractivity contribution in [3.63, 3.8) is 0 Å². The van der Waals surface area contributed by atoms with Crippen LogP contribution in [0.2, 0.25) is 0 Å².